The van der Waals surface area contributed by atoms with Gasteiger partial charge in [-0.3, -0.25) is 4.90 Å². The van der Waals surface area contributed by atoms with Gasteiger partial charge in [-0.1, -0.05) is 6.42 Å². The molecule has 2 atom stereocenters. The van der Waals surface area contributed by atoms with Crippen LogP contribution in [0.1, 0.15) is 37.3 Å². The highest BCUT2D eigenvalue weighted by atomic mass is 19.4. The second-order valence-electron chi connectivity index (χ2n) is 7.20. The highest BCUT2D eigenvalue weighted by molar-refractivity contribution is 5.07. The van der Waals surface area contributed by atoms with E-state index in [1.165, 1.54) is 4.57 Å². The molecule has 0 saturated heterocycles. The quantitative estimate of drug-likeness (QED) is 0.566. The summed E-state index contributed by atoms with van der Waals surface area (Å²) in [5.41, 5.74) is 5.98. The molecule has 29 heavy (non-hydrogen) atoms. The summed E-state index contributed by atoms with van der Waals surface area (Å²) in [6.45, 7) is 1.33. The molecule has 11 heteroatoms. The van der Waals surface area contributed by atoms with Crippen LogP contribution in [0.5, 0.6) is 0 Å². The number of halogens is 6. The molecule has 2 N–H and O–H groups in total. The number of fused-ring (bicyclic) bond motifs is 1. The Morgan fingerprint density at radius 3 is 2.38 bits per heavy atom. The topological polar surface area (TPSA) is 60.0 Å². The molecule has 0 bridgehead atoms. The maximum absolute atomic E-state index is 12.8. The molecule has 1 saturated carbocycles. The van der Waals surface area contributed by atoms with Gasteiger partial charge in [-0.05, 0) is 31.4 Å². The Morgan fingerprint density at radius 1 is 1.00 bits per heavy atom. The van der Waals surface area contributed by atoms with Crippen LogP contribution in [0, 0.1) is 17.5 Å². The van der Waals surface area contributed by atoms with Crippen LogP contribution < -0.4 is 5.73 Å². The average molecular weight is 421 g/mol. The largest absolute Gasteiger partial charge is 0.451 e. The summed E-state index contributed by atoms with van der Waals surface area (Å²) < 4.78 is 75.3. The van der Waals surface area contributed by atoms with E-state index in [4.69, 9.17) is 5.73 Å². The molecule has 0 unspecified atom stereocenters. The van der Waals surface area contributed by atoms with E-state index in [0.29, 0.717) is 37.6 Å². The lowest BCUT2D eigenvalue weighted by atomic mass is 9.90. The first-order valence-electron chi connectivity index (χ1n) is 9.24. The predicted molar refractivity (Wildman–Crippen MR) is 92.0 cm³/mol. The molecule has 2 aromatic rings. The highest BCUT2D eigenvalue weighted by Gasteiger charge is 2.40. The van der Waals surface area contributed by atoms with Crippen LogP contribution in [0.25, 0.3) is 0 Å². The lowest BCUT2D eigenvalue weighted by Crippen LogP contribution is -2.46. The molecule has 160 valence electrons. The van der Waals surface area contributed by atoms with Gasteiger partial charge in [-0.25, -0.2) is 13.2 Å². The first kappa shape index (κ1) is 21.6. The summed E-state index contributed by atoms with van der Waals surface area (Å²) >= 11 is 0. The normalized spacial score (nSPS) is 22.6. The van der Waals surface area contributed by atoms with Crippen molar-refractivity contribution in [3.63, 3.8) is 0 Å². The smallest absolute Gasteiger partial charge is 0.328 e. The summed E-state index contributed by atoms with van der Waals surface area (Å²) in [4.78, 5) is 2.20. The molecule has 0 spiro atoms. The lowest BCUT2D eigenvalue weighted by molar-refractivity contribution is -0.148. The van der Waals surface area contributed by atoms with Gasteiger partial charge in [-0.2, -0.15) is 13.2 Å². The number of rotatable bonds is 1. The molecule has 2 aliphatic rings. The zero-order valence-corrected chi connectivity index (χ0v) is 15.5. The molecule has 1 aliphatic heterocycles. The summed E-state index contributed by atoms with van der Waals surface area (Å²) in [6.07, 6.45) is -0.323. The monoisotopic (exact) mass is 421 g/mol. The van der Waals surface area contributed by atoms with E-state index in [2.05, 4.69) is 15.1 Å². The number of alkyl halides is 3. The Kier molecular flexibility index (Phi) is 6.47. The number of nitrogens with two attached hydrogens (primary N) is 1. The standard InChI is InChI=1S/C12H18F3N5.C6H3F3/c13-12(14,15)11-18-17-10-7-19(4-5-20(10)11)9-3-1-2-8(16)6-9;7-4-1-2-5(8)6(9)3-4/h8-9H,1-7,16H2;1-3H/t8-,9+;/m1./s1. The van der Waals surface area contributed by atoms with Crippen molar-refractivity contribution in [3.05, 3.63) is 47.3 Å². The third-order valence-corrected chi connectivity index (χ3v) is 5.12. The fourth-order valence-corrected chi connectivity index (χ4v) is 3.70. The van der Waals surface area contributed by atoms with E-state index < -0.39 is 29.5 Å². The van der Waals surface area contributed by atoms with Crippen molar-refractivity contribution in [1.29, 1.82) is 0 Å². The first-order chi connectivity index (χ1) is 13.6. The van der Waals surface area contributed by atoms with E-state index in [9.17, 15) is 26.3 Å². The van der Waals surface area contributed by atoms with Gasteiger partial charge in [0.1, 0.15) is 11.6 Å². The molecule has 0 amide bonds. The molecule has 4 rings (SSSR count). The summed E-state index contributed by atoms with van der Waals surface area (Å²) in [6, 6.07) is 2.66. The van der Waals surface area contributed by atoms with Gasteiger partial charge >= 0.3 is 6.18 Å². The molecule has 1 aliphatic carbocycles. The molecular weight excluding hydrogens is 400 g/mol. The van der Waals surface area contributed by atoms with Crippen LogP contribution in [0.15, 0.2) is 18.2 Å². The van der Waals surface area contributed by atoms with Crippen LogP contribution in [0.2, 0.25) is 0 Å². The summed E-state index contributed by atoms with van der Waals surface area (Å²) in [5, 5.41) is 7.01. The van der Waals surface area contributed by atoms with Crippen molar-refractivity contribution >= 4 is 0 Å². The van der Waals surface area contributed by atoms with Crippen molar-refractivity contribution in [1.82, 2.24) is 19.7 Å². The number of hydrogen-bond acceptors (Lipinski definition) is 4. The zero-order chi connectivity index (χ0) is 21.2. The minimum atomic E-state index is -4.43. The van der Waals surface area contributed by atoms with E-state index in [-0.39, 0.29) is 6.04 Å². The summed E-state index contributed by atoms with van der Waals surface area (Å²) in [5.74, 6) is -3.43. The van der Waals surface area contributed by atoms with E-state index in [0.717, 1.165) is 37.8 Å². The SMILES string of the molecule is Fc1ccc(F)c(F)c1.N[C@@H]1CCC[C@H](N2CCn3c(nnc3C(F)(F)F)C2)C1. The Balaban J connectivity index is 0.000000224. The van der Waals surface area contributed by atoms with Gasteiger partial charge in [0.25, 0.3) is 0 Å². The van der Waals surface area contributed by atoms with E-state index >= 15 is 0 Å². The Morgan fingerprint density at radius 2 is 1.76 bits per heavy atom. The highest BCUT2D eigenvalue weighted by Crippen LogP contribution is 2.31. The Bertz CT molecular complexity index is 837. The van der Waals surface area contributed by atoms with Crippen molar-refractivity contribution < 1.29 is 26.3 Å². The second kappa shape index (κ2) is 8.70. The van der Waals surface area contributed by atoms with Gasteiger partial charge in [0.05, 0.1) is 6.54 Å². The fourth-order valence-electron chi connectivity index (χ4n) is 3.70. The molecule has 0 radical (unpaired) electrons. The number of aromatic nitrogens is 3. The maximum Gasteiger partial charge on any atom is 0.451 e. The van der Waals surface area contributed by atoms with Crippen LogP contribution in [0.3, 0.4) is 0 Å². The zero-order valence-electron chi connectivity index (χ0n) is 15.5. The van der Waals surface area contributed by atoms with Gasteiger partial charge in [0.15, 0.2) is 11.6 Å². The minimum absolute atomic E-state index is 0.208. The van der Waals surface area contributed by atoms with Crippen molar-refractivity contribution in [2.75, 3.05) is 6.54 Å². The van der Waals surface area contributed by atoms with Crippen molar-refractivity contribution in [2.45, 2.75) is 57.0 Å². The van der Waals surface area contributed by atoms with Crippen LogP contribution in [0.4, 0.5) is 26.3 Å². The third-order valence-electron chi connectivity index (χ3n) is 5.12. The van der Waals surface area contributed by atoms with Crippen LogP contribution in [-0.4, -0.2) is 38.3 Å². The molecule has 1 fully saturated rings. The Hall–Kier alpha value is -2.14. The van der Waals surface area contributed by atoms with Gasteiger partial charge < -0.3 is 10.3 Å². The fraction of sp³-hybridized carbons (Fsp3) is 0.556. The van der Waals surface area contributed by atoms with Crippen LogP contribution in [-0.2, 0) is 19.3 Å². The number of nitrogens with zero attached hydrogens (tertiary/aromatic N) is 4. The molecule has 5 nitrogen and oxygen atoms in total. The van der Waals surface area contributed by atoms with Crippen LogP contribution >= 0.6 is 0 Å². The Labute approximate surface area is 163 Å². The van der Waals surface area contributed by atoms with Crippen molar-refractivity contribution in [2.24, 2.45) is 5.73 Å². The predicted octanol–water partition coefficient (Wildman–Crippen LogP) is 3.49. The van der Waals surface area contributed by atoms with Crippen molar-refractivity contribution in [3.8, 4) is 0 Å². The average Bonchev–Trinajstić information content (AvgIpc) is 3.09. The third kappa shape index (κ3) is 5.27. The second-order valence-corrected chi connectivity index (χ2v) is 7.20. The van der Waals surface area contributed by atoms with E-state index in [1.807, 2.05) is 0 Å². The number of hydrogen-bond donors (Lipinski definition) is 1. The first-order valence-corrected chi connectivity index (χ1v) is 9.24. The van der Waals surface area contributed by atoms with Gasteiger partial charge in [0, 0.05) is 31.2 Å². The van der Waals surface area contributed by atoms with Gasteiger partial charge in [0.2, 0.25) is 5.82 Å². The molecule has 2 heterocycles. The molecule has 1 aromatic heterocycles. The molecule has 1 aromatic carbocycles. The van der Waals surface area contributed by atoms with Gasteiger partial charge in [-0.15, -0.1) is 10.2 Å². The lowest BCUT2D eigenvalue weighted by Gasteiger charge is -2.38. The summed E-state index contributed by atoms with van der Waals surface area (Å²) in [7, 11) is 0. The van der Waals surface area contributed by atoms with E-state index in [1.54, 1.807) is 0 Å². The maximum atomic E-state index is 12.8. The minimum Gasteiger partial charge on any atom is -0.328 e. The number of benzene rings is 1. The molecular formula is C18H21F6N5.